The summed E-state index contributed by atoms with van der Waals surface area (Å²) in [5.41, 5.74) is -0.125. The van der Waals surface area contributed by atoms with E-state index in [1.54, 1.807) is 0 Å². The van der Waals surface area contributed by atoms with Gasteiger partial charge in [-0.05, 0) is 12.3 Å². The molecule has 100 valence electrons. The van der Waals surface area contributed by atoms with Crippen LogP contribution in [0.3, 0.4) is 0 Å². The van der Waals surface area contributed by atoms with Crippen molar-refractivity contribution in [1.82, 2.24) is 9.97 Å². The monoisotopic (exact) mass is 251 g/mol. The highest BCUT2D eigenvalue weighted by atomic mass is 16.3. The lowest BCUT2D eigenvalue weighted by atomic mass is 10.0. The van der Waals surface area contributed by atoms with E-state index >= 15 is 0 Å². The quantitative estimate of drug-likeness (QED) is 0.844. The zero-order chi connectivity index (χ0) is 13.3. The lowest BCUT2D eigenvalue weighted by Crippen LogP contribution is -2.36. The first-order chi connectivity index (χ1) is 8.52. The third kappa shape index (κ3) is 2.41. The van der Waals surface area contributed by atoms with E-state index < -0.39 is 0 Å². The molecule has 2 N–H and O–H groups in total. The van der Waals surface area contributed by atoms with E-state index in [9.17, 15) is 9.90 Å². The lowest BCUT2D eigenvalue weighted by Gasteiger charge is -2.26. The van der Waals surface area contributed by atoms with Crippen LogP contribution in [-0.2, 0) is 0 Å². The van der Waals surface area contributed by atoms with Crippen molar-refractivity contribution in [2.45, 2.75) is 39.2 Å². The third-order valence-electron chi connectivity index (χ3n) is 3.66. The second kappa shape index (κ2) is 5.10. The minimum Gasteiger partial charge on any atom is -0.394 e. The molecule has 1 aromatic rings. The Kier molecular flexibility index (Phi) is 3.71. The summed E-state index contributed by atoms with van der Waals surface area (Å²) >= 11 is 0. The molecule has 0 saturated carbocycles. The van der Waals surface area contributed by atoms with Crippen LogP contribution in [0.5, 0.6) is 0 Å². The number of nitrogens with zero attached hydrogens (tertiary/aromatic N) is 2. The molecule has 18 heavy (non-hydrogen) atoms. The maximum Gasteiger partial charge on any atom is 0.252 e. The highest BCUT2D eigenvalue weighted by Gasteiger charge is 2.31. The number of aromatic nitrogens is 2. The van der Waals surface area contributed by atoms with E-state index in [-0.39, 0.29) is 24.1 Å². The molecule has 2 heterocycles. The van der Waals surface area contributed by atoms with Crippen LogP contribution in [0.2, 0.25) is 0 Å². The normalized spacial score (nSPS) is 23.9. The van der Waals surface area contributed by atoms with Crippen LogP contribution in [0.4, 0.5) is 5.82 Å². The van der Waals surface area contributed by atoms with Gasteiger partial charge in [-0.2, -0.15) is 0 Å². The molecule has 1 aliphatic rings. The number of H-pyrrole nitrogens is 1. The minimum absolute atomic E-state index is 0.0688. The maximum atomic E-state index is 11.7. The van der Waals surface area contributed by atoms with Gasteiger partial charge >= 0.3 is 0 Å². The molecule has 2 unspecified atom stereocenters. The number of anilines is 1. The van der Waals surface area contributed by atoms with Gasteiger partial charge in [-0.3, -0.25) is 4.79 Å². The zero-order valence-corrected chi connectivity index (χ0v) is 11.2. The number of aliphatic hydroxyl groups is 1. The molecule has 0 bridgehead atoms. The first-order valence-corrected chi connectivity index (χ1v) is 6.51. The van der Waals surface area contributed by atoms with Crippen LogP contribution in [-0.4, -0.2) is 34.3 Å². The van der Waals surface area contributed by atoms with Gasteiger partial charge in [-0.15, -0.1) is 0 Å². The van der Waals surface area contributed by atoms with Gasteiger partial charge in [0, 0.05) is 18.5 Å². The zero-order valence-electron chi connectivity index (χ0n) is 11.2. The molecule has 0 spiro atoms. The molecule has 0 aromatic carbocycles. The van der Waals surface area contributed by atoms with Crippen LogP contribution in [0.1, 0.15) is 38.9 Å². The molecule has 5 nitrogen and oxygen atoms in total. The van der Waals surface area contributed by atoms with E-state index in [0.717, 1.165) is 13.0 Å². The van der Waals surface area contributed by atoms with E-state index in [2.05, 4.69) is 16.9 Å². The van der Waals surface area contributed by atoms with Crippen LogP contribution in [0.25, 0.3) is 0 Å². The van der Waals surface area contributed by atoms with Crippen molar-refractivity contribution in [2.24, 2.45) is 5.92 Å². The van der Waals surface area contributed by atoms with E-state index in [4.69, 9.17) is 0 Å². The Hall–Kier alpha value is -1.36. The Labute approximate surface area is 107 Å². The molecule has 5 heteroatoms. The molecule has 1 fully saturated rings. The van der Waals surface area contributed by atoms with Gasteiger partial charge in [-0.1, -0.05) is 20.8 Å². The molecule has 2 atom stereocenters. The summed E-state index contributed by atoms with van der Waals surface area (Å²) in [7, 11) is 0. The minimum atomic E-state index is -0.125. The van der Waals surface area contributed by atoms with Crippen LogP contribution in [0.15, 0.2) is 10.9 Å². The first-order valence-electron chi connectivity index (χ1n) is 6.51. The maximum absolute atomic E-state index is 11.7. The van der Waals surface area contributed by atoms with Gasteiger partial charge in [-0.25, -0.2) is 4.98 Å². The summed E-state index contributed by atoms with van der Waals surface area (Å²) in [4.78, 5) is 21.0. The average molecular weight is 251 g/mol. The summed E-state index contributed by atoms with van der Waals surface area (Å²) in [6.45, 7) is 7.07. The van der Waals surface area contributed by atoms with Crippen LogP contribution >= 0.6 is 0 Å². The number of aliphatic hydroxyl groups excluding tert-OH is 1. The Morgan fingerprint density at radius 1 is 1.61 bits per heavy atom. The van der Waals surface area contributed by atoms with Gasteiger partial charge in [0.1, 0.15) is 11.6 Å². The SMILES string of the molecule is CC(C)c1nc(N2CCC(C)C2CO)cc(=O)[nH]1. The molecular formula is C13H21N3O2. The van der Waals surface area contributed by atoms with Gasteiger partial charge in [0.2, 0.25) is 0 Å². The van der Waals surface area contributed by atoms with Crippen molar-refractivity contribution < 1.29 is 5.11 Å². The van der Waals surface area contributed by atoms with Crippen molar-refractivity contribution in [3.05, 3.63) is 22.2 Å². The number of aromatic amines is 1. The fourth-order valence-corrected chi connectivity index (χ4v) is 2.45. The standard InChI is InChI=1S/C13H21N3O2/c1-8(2)13-14-11(6-12(18)15-13)16-5-4-9(3)10(16)7-17/h6,8-10,17H,4-5,7H2,1-3H3,(H,14,15,18). The smallest absolute Gasteiger partial charge is 0.252 e. The van der Waals surface area contributed by atoms with Crippen molar-refractivity contribution in [3.8, 4) is 0 Å². The third-order valence-corrected chi connectivity index (χ3v) is 3.66. The fourth-order valence-electron chi connectivity index (χ4n) is 2.45. The molecule has 2 rings (SSSR count). The molecule has 1 saturated heterocycles. The molecule has 0 amide bonds. The van der Waals surface area contributed by atoms with E-state index in [1.807, 2.05) is 18.7 Å². The first kappa shape index (κ1) is 13.1. The van der Waals surface area contributed by atoms with E-state index in [1.165, 1.54) is 6.07 Å². The number of hydrogen-bond donors (Lipinski definition) is 2. The summed E-state index contributed by atoms with van der Waals surface area (Å²) in [6, 6.07) is 1.59. The fraction of sp³-hybridized carbons (Fsp3) is 0.692. The summed E-state index contributed by atoms with van der Waals surface area (Å²) in [5.74, 6) is 2.00. The Bertz CT molecular complexity index is 470. The number of nitrogens with one attached hydrogen (secondary N) is 1. The summed E-state index contributed by atoms with van der Waals surface area (Å²) < 4.78 is 0. The summed E-state index contributed by atoms with van der Waals surface area (Å²) in [5, 5.41) is 9.46. The average Bonchev–Trinajstić information content (AvgIpc) is 2.69. The Morgan fingerprint density at radius 3 is 2.94 bits per heavy atom. The highest BCUT2D eigenvalue weighted by molar-refractivity contribution is 5.41. The van der Waals surface area contributed by atoms with Crippen LogP contribution < -0.4 is 10.5 Å². The van der Waals surface area contributed by atoms with Gasteiger partial charge < -0.3 is 15.0 Å². The predicted molar refractivity (Wildman–Crippen MR) is 70.9 cm³/mol. The van der Waals surface area contributed by atoms with Gasteiger partial charge in [0.15, 0.2) is 0 Å². The van der Waals surface area contributed by atoms with Crippen molar-refractivity contribution >= 4 is 5.82 Å². The molecular weight excluding hydrogens is 230 g/mol. The summed E-state index contributed by atoms with van der Waals surface area (Å²) in [6.07, 6.45) is 1.02. The second-order valence-electron chi connectivity index (χ2n) is 5.35. The Morgan fingerprint density at radius 2 is 2.33 bits per heavy atom. The van der Waals surface area contributed by atoms with Crippen molar-refractivity contribution in [1.29, 1.82) is 0 Å². The number of hydrogen-bond acceptors (Lipinski definition) is 4. The topological polar surface area (TPSA) is 69.2 Å². The lowest BCUT2D eigenvalue weighted by molar-refractivity contribution is 0.244. The van der Waals surface area contributed by atoms with Gasteiger partial charge in [0.25, 0.3) is 5.56 Å². The predicted octanol–water partition coefficient (Wildman–Crippen LogP) is 1.10. The second-order valence-corrected chi connectivity index (χ2v) is 5.35. The Balaban J connectivity index is 2.36. The molecule has 1 aromatic heterocycles. The molecule has 0 aliphatic carbocycles. The van der Waals surface area contributed by atoms with Crippen LogP contribution in [0, 0.1) is 5.92 Å². The number of rotatable bonds is 3. The van der Waals surface area contributed by atoms with E-state index in [0.29, 0.717) is 17.6 Å². The highest BCUT2D eigenvalue weighted by Crippen LogP contribution is 2.27. The van der Waals surface area contributed by atoms with Crippen molar-refractivity contribution in [3.63, 3.8) is 0 Å². The van der Waals surface area contributed by atoms with Gasteiger partial charge in [0.05, 0.1) is 12.6 Å². The molecule has 0 radical (unpaired) electrons. The van der Waals surface area contributed by atoms with Crippen molar-refractivity contribution in [2.75, 3.05) is 18.1 Å². The largest absolute Gasteiger partial charge is 0.394 e. The molecule has 1 aliphatic heterocycles.